The van der Waals surface area contributed by atoms with Gasteiger partial charge in [-0.25, -0.2) is 0 Å². The first kappa shape index (κ1) is 13.4. The van der Waals surface area contributed by atoms with Gasteiger partial charge in [0, 0.05) is 31.7 Å². The highest BCUT2D eigenvalue weighted by atomic mass is 15.2. The van der Waals surface area contributed by atoms with Gasteiger partial charge in [-0.05, 0) is 30.6 Å². The van der Waals surface area contributed by atoms with Crippen LogP contribution in [0.4, 0.5) is 0 Å². The van der Waals surface area contributed by atoms with Crippen LogP contribution in [0.25, 0.3) is 0 Å². The van der Waals surface area contributed by atoms with Crippen molar-refractivity contribution < 1.29 is 0 Å². The van der Waals surface area contributed by atoms with Gasteiger partial charge in [-0.15, -0.1) is 0 Å². The van der Waals surface area contributed by atoms with Crippen LogP contribution in [0.15, 0.2) is 0 Å². The number of hydrogen-bond acceptors (Lipinski definition) is 2. The minimum atomic E-state index is 0.398. The Morgan fingerprint density at radius 1 is 1.24 bits per heavy atom. The Kier molecular flexibility index (Phi) is 4.14. The number of rotatable bonds is 3. The zero-order chi connectivity index (χ0) is 12.5. The van der Waals surface area contributed by atoms with Crippen LogP contribution in [0, 0.1) is 11.3 Å². The van der Waals surface area contributed by atoms with Crippen molar-refractivity contribution in [3.63, 3.8) is 0 Å². The van der Waals surface area contributed by atoms with Crippen LogP contribution >= 0.6 is 0 Å². The molecular weight excluding hydrogens is 208 g/mol. The van der Waals surface area contributed by atoms with E-state index in [1.165, 1.54) is 45.3 Å². The molecule has 1 aliphatic carbocycles. The summed E-state index contributed by atoms with van der Waals surface area (Å²) in [6.07, 6.45) is 5.67. The molecule has 2 atom stereocenters. The maximum Gasteiger partial charge on any atom is 0.0269 e. The SMILES string of the molecule is CCC1CN(CC2CCC2)C(C(C)(C)C)CN1. The van der Waals surface area contributed by atoms with E-state index in [0.29, 0.717) is 17.5 Å². The van der Waals surface area contributed by atoms with Gasteiger partial charge >= 0.3 is 0 Å². The Morgan fingerprint density at radius 2 is 1.94 bits per heavy atom. The zero-order valence-corrected chi connectivity index (χ0v) is 12.1. The number of nitrogens with one attached hydrogen (secondary N) is 1. The van der Waals surface area contributed by atoms with E-state index in [1.807, 2.05) is 0 Å². The summed E-state index contributed by atoms with van der Waals surface area (Å²) in [5.74, 6) is 0.996. The van der Waals surface area contributed by atoms with Crippen LogP contribution in [0.5, 0.6) is 0 Å². The maximum absolute atomic E-state index is 3.72. The standard InChI is InChI=1S/C15H30N2/c1-5-13-11-17(10-12-7-6-8-12)14(9-16-13)15(2,3)4/h12-14,16H,5-11H2,1-4H3. The van der Waals surface area contributed by atoms with Gasteiger partial charge in [0.25, 0.3) is 0 Å². The quantitative estimate of drug-likeness (QED) is 0.813. The molecule has 0 bridgehead atoms. The fourth-order valence-corrected chi connectivity index (χ4v) is 3.22. The second-order valence-electron chi connectivity index (χ2n) is 7.15. The van der Waals surface area contributed by atoms with Gasteiger partial charge in [0.2, 0.25) is 0 Å². The fraction of sp³-hybridized carbons (Fsp3) is 1.00. The first-order valence-corrected chi connectivity index (χ1v) is 7.48. The summed E-state index contributed by atoms with van der Waals surface area (Å²) in [6, 6.07) is 1.43. The molecule has 2 unspecified atom stereocenters. The third kappa shape index (κ3) is 3.23. The smallest absolute Gasteiger partial charge is 0.0269 e. The molecule has 2 nitrogen and oxygen atoms in total. The molecule has 0 radical (unpaired) electrons. The van der Waals surface area contributed by atoms with Gasteiger partial charge in [0.05, 0.1) is 0 Å². The van der Waals surface area contributed by atoms with Crippen molar-refractivity contribution in [2.45, 2.75) is 65.5 Å². The average Bonchev–Trinajstić information content (AvgIpc) is 2.21. The van der Waals surface area contributed by atoms with Crippen molar-refractivity contribution in [3.05, 3.63) is 0 Å². The van der Waals surface area contributed by atoms with Crippen molar-refractivity contribution >= 4 is 0 Å². The fourth-order valence-electron chi connectivity index (χ4n) is 3.22. The molecule has 2 fully saturated rings. The largest absolute Gasteiger partial charge is 0.311 e. The van der Waals surface area contributed by atoms with Crippen LogP contribution in [0.3, 0.4) is 0 Å². The normalized spacial score (nSPS) is 32.5. The molecule has 2 rings (SSSR count). The van der Waals surface area contributed by atoms with E-state index in [4.69, 9.17) is 0 Å². The van der Waals surface area contributed by atoms with E-state index in [2.05, 4.69) is 37.9 Å². The summed E-state index contributed by atoms with van der Waals surface area (Å²) < 4.78 is 0. The Bertz CT molecular complexity index is 238. The number of hydrogen-bond donors (Lipinski definition) is 1. The summed E-state index contributed by atoms with van der Waals surface area (Å²) in [6.45, 7) is 13.2. The van der Waals surface area contributed by atoms with Crippen LogP contribution in [0.2, 0.25) is 0 Å². The molecule has 0 amide bonds. The topological polar surface area (TPSA) is 15.3 Å². The van der Waals surface area contributed by atoms with Crippen molar-refractivity contribution in [3.8, 4) is 0 Å². The Labute approximate surface area is 107 Å². The summed E-state index contributed by atoms with van der Waals surface area (Å²) in [5.41, 5.74) is 0.398. The van der Waals surface area contributed by atoms with Gasteiger partial charge in [0.1, 0.15) is 0 Å². The van der Waals surface area contributed by atoms with Crippen LogP contribution in [0.1, 0.15) is 53.4 Å². The Morgan fingerprint density at radius 3 is 2.41 bits per heavy atom. The molecule has 100 valence electrons. The molecule has 1 saturated carbocycles. The summed E-state index contributed by atoms with van der Waals surface area (Å²) in [5, 5.41) is 3.72. The molecule has 0 spiro atoms. The van der Waals surface area contributed by atoms with Gasteiger partial charge in [0.15, 0.2) is 0 Å². The van der Waals surface area contributed by atoms with E-state index < -0.39 is 0 Å². The molecule has 1 heterocycles. The lowest BCUT2D eigenvalue weighted by molar-refractivity contribution is 0.0308. The molecule has 1 saturated heterocycles. The first-order chi connectivity index (χ1) is 8.00. The first-order valence-electron chi connectivity index (χ1n) is 7.48. The summed E-state index contributed by atoms with van der Waals surface area (Å²) in [7, 11) is 0. The van der Waals surface area contributed by atoms with Gasteiger partial charge in [-0.2, -0.15) is 0 Å². The third-order valence-corrected chi connectivity index (χ3v) is 4.71. The molecule has 2 aliphatic rings. The lowest BCUT2D eigenvalue weighted by Gasteiger charge is -2.48. The van der Waals surface area contributed by atoms with Gasteiger partial charge < -0.3 is 5.32 Å². The molecule has 2 heteroatoms. The van der Waals surface area contributed by atoms with Crippen LogP contribution in [-0.4, -0.2) is 36.6 Å². The monoisotopic (exact) mass is 238 g/mol. The summed E-state index contributed by atoms with van der Waals surface area (Å²) >= 11 is 0. The minimum Gasteiger partial charge on any atom is -0.311 e. The average molecular weight is 238 g/mol. The van der Waals surface area contributed by atoms with E-state index in [1.54, 1.807) is 0 Å². The number of piperazine rings is 1. The predicted octanol–water partition coefficient (Wildman–Crippen LogP) is 2.89. The molecule has 1 N–H and O–H groups in total. The van der Waals surface area contributed by atoms with Crippen molar-refractivity contribution in [2.24, 2.45) is 11.3 Å². The second kappa shape index (κ2) is 5.27. The molecule has 17 heavy (non-hydrogen) atoms. The molecule has 1 aliphatic heterocycles. The third-order valence-electron chi connectivity index (χ3n) is 4.71. The predicted molar refractivity (Wildman–Crippen MR) is 74.2 cm³/mol. The second-order valence-corrected chi connectivity index (χ2v) is 7.15. The maximum atomic E-state index is 3.72. The van der Waals surface area contributed by atoms with Gasteiger partial charge in [-0.3, -0.25) is 4.90 Å². The van der Waals surface area contributed by atoms with Crippen molar-refractivity contribution in [1.29, 1.82) is 0 Å². The summed E-state index contributed by atoms with van der Waals surface area (Å²) in [4.78, 5) is 2.79. The highest BCUT2D eigenvalue weighted by Crippen LogP contribution is 2.32. The minimum absolute atomic E-state index is 0.398. The van der Waals surface area contributed by atoms with Crippen LogP contribution < -0.4 is 5.32 Å². The van der Waals surface area contributed by atoms with E-state index in [9.17, 15) is 0 Å². The Hall–Kier alpha value is -0.0800. The highest BCUT2D eigenvalue weighted by Gasteiger charge is 2.36. The van der Waals surface area contributed by atoms with Crippen molar-refractivity contribution in [2.75, 3.05) is 19.6 Å². The lowest BCUT2D eigenvalue weighted by Crippen LogP contribution is -2.61. The molecule has 0 aromatic rings. The van der Waals surface area contributed by atoms with E-state index in [0.717, 1.165) is 5.92 Å². The zero-order valence-electron chi connectivity index (χ0n) is 12.1. The van der Waals surface area contributed by atoms with Crippen LogP contribution in [-0.2, 0) is 0 Å². The lowest BCUT2D eigenvalue weighted by atomic mass is 9.80. The van der Waals surface area contributed by atoms with Gasteiger partial charge in [-0.1, -0.05) is 34.1 Å². The molecule has 0 aromatic heterocycles. The van der Waals surface area contributed by atoms with E-state index in [-0.39, 0.29) is 0 Å². The molecule has 0 aromatic carbocycles. The molecular formula is C15H30N2. The Balaban J connectivity index is 1.97. The number of nitrogens with zero attached hydrogens (tertiary/aromatic N) is 1. The van der Waals surface area contributed by atoms with Crippen molar-refractivity contribution in [1.82, 2.24) is 10.2 Å². The highest BCUT2D eigenvalue weighted by molar-refractivity contribution is 4.93. The van der Waals surface area contributed by atoms with E-state index >= 15 is 0 Å².